The molecule has 1 aliphatic carbocycles. The van der Waals surface area contributed by atoms with E-state index in [4.69, 9.17) is 4.42 Å². The molecule has 1 aliphatic heterocycles. The van der Waals surface area contributed by atoms with E-state index in [9.17, 15) is 14.7 Å². The molecule has 2 aliphatic rings. The molecule has 5 nitrogen and oxygen atoms in total. The van der Waals surface area contributed by atoms with Gasteiger partial charge in [0.1, 0.15) is 11.3 Å². The predicted molar refractivity (Wildman–Crippen MR) is 108 cm³/mol. The second kappa shape index (κ2) is 6.36. The smallest absolute Gasteiger partial charge is 0.339 e. The van der Waals surface area contributed by atoms with E-state index in [-0.39, 0.29) is 22.5 Å². The van der Waals surface area contributed by atoms with Crippen molar-refractivity contribution in [2.45, 2.75) is 65.8 Å². The van der Waals surface area contributed by atoms with Gasteiger partial charge in [0.25, 0.3) is 0 Å². The molecule has 2 aromatic rings. The quantitative estimate of drug-likeness (QED) is 0.808. The monoisotopic (exact) mass is 383 g/mol. The summed E-state index contributed by atoms with van der Waals surface area (Å²) in [5, 5.41) is 10.4. The van der Waals surface area contributed by atoms with Gasteiger partial charge >= 0.3 is 5.63 Å². The maximum absolute atomic E-state index is 13.0. The Bertz CT molecular complexity index is 1010. The van der Waals surface area contributed by atoms with E-state index < -0.39 is 5.63 Å². The molecule has 1 saturated heterocycles. The Morgan fingerprint density at radius 2 is 2.04 bits per heavy atom. The maximum atomic E-state index is 13.0. The molecule has 5 heteroatoms. The number of carbonyl (C=O) groups excluding carboxylic acids is 1. The molecule has 150 valence electrons. The van der Waals surface area contributed by atoms with E-state index in [1.54, 1.807) is 12.1 Å². The predicted octanol–water partition coefficient (Wildman–Crippen LogP) is 4.17. The van der Waals surface area contributed by atoms with Crippen molar-refractivity contribution >= 4 is 16.9 Å². The summed E-state index contributed by atoms with van der Waals surface area (Å²) in [4.78, 5) is 27.5. The topological polar surface area (TPSA) is 70.8 Å². The van der Waals surface area contributed by atoms with Gasteiger partial charge in [0.2, 0.25) is 5.91 Å². The number of hydrogen-bond donors (Lipinski definition) is 1. The number of rotatable bonds is 3. The highest BCUT2D eigenvalue weighted by molar-refractivity contribution is 5.82. The number of hydrogen-bond acceptors (Lipinski definition) is 4. The van der Waals surface area contributed by atoms with Gasteiger partial charge in [0.05, 0.1) is 0 Å². The molecule has 2 heterocycles. The molecular weight excluding hydrogens is 354 g/mol. The maximum Gasteiger partial charge on any atom is 0.339 e. The van der Waals surface area contributed by atoms with Crippen molar-refractivity contribution in [3.05, 3.63) is 39.7 Å². The zero-order valence-electron chi connectivity index (χ0n) is 17.2. The van der Waals surface area contributed by atoms with E-state index in [1.165, 1.54) is 6.07 Å². The number of nitrogens with zero attached hydrogens (tertiary/aromatic N) is 1. The Morgan fingerprint density at radius 1 is 1.29 bits per heavy atom. The standard InChI is InChI=1S/C23H29NO4/c1-14-17-6-5-16(25)9-19(17)28-21(27)18(14)7-8-20(26)24-13-23(4)11-15(24)10-22(2,3)12-23/h5-6,9,15,25H,7-8,10-13H2,1-4H3/t15-,23-/m1/s1. The highest BCUT2D eigenvalue weighted by Crippen LogP contribution is 2.52. The van der Waals surface area contributed by atoms with Crippen LogP contribution in [0.5, 0.6) is 5.75 Å². The lowest BCUT2D eigenvalue weighted by atomic mass is 9.65. The lowest BCUT2D eigenvalue weighted by Gasteiger charge is -2.39. The van der Waals surface area contributed by atoms with Gasteiger partial charge in [-0.2, -0.15) is 0 Å². The van der Waals surface area contributed by atoms with Crippen LogP contribution in [0.1, 0.15) is 57.6 Å². The summed E-state index contributed by atoms with van der Waals surface area (Å²) in [6.07, 6.45) is 3.99. The van der Waals surface area contributed by atoms with Crippen molar-refractivity contribution < 1.29 is 14.3 Å². The first-order valence-corrected chi connectivity index (χ1v) is 10.1. The number of phenols is 1. The fourth-order valence-corrected chi connectivity index (χ4v) is 5.80. The number of aryl methyl sites for hydroxylation is 1. The molecule has 1 N–H and O–H groups in total. The summed E-state index contributed by atoms with van der Waals surface area (Å²) < 4.78 is 5.38. The molecule has 28 heavy (non-hydrogen) atoms. The molecule has 1 aromatic carbocycles. The number of likely N-dealkylation sites (tertiary alicyclic amines) is 1. The summed E-state index contributed by atoms with van der Waals surface area (Å²) in [6, 6.07) is 5.10. The summed E-state index contributed by atoms with van der Waals surface area (Å²) >= 11 is 0. The van der Waals surface area contributed by atoms with Crippen LogP contribution in [0.2, 0.25) is 0 Å². The molecule has 2 atom stereocenters. The molecular formula is C23H29NO4. The van der Waals surface area contributed by atoms with Crippen molar-refractivity contribution in [3.63, 3.8) is 0 Å². The minimum Gasteiger partial charge on any atom is -0.508 e. The van der Waals surface area contributed by atoms with E-state index in [0.717, 1.165) is 36.8 Å². The van der Waals surface area contributed by atoms with Crippen molar-refractivity contribution in [3.8, 4) is 5.75 Å². The first-order valence-electron chi connectivity index (χ1n) is 10.1. The van der Waals surface area contributed by atoms with Crippen molar-refractivity contribution in [1.29, 1.82) is 0 Å². The van der Waals surface area contributed by atoms with Gasteiger partial charge in [-0.15, -0.1) is 0 Å². The van der Waals surface area contributed by atoms with Gasteiger partial charge in [-0.1, -0.05) is 20.8 Å². The summed E-state index contributed by atoms with van der Waals surface area (Å²) in [5.41, 5.74) is 1.82. The highest BCUT2D eigenvalue weighted by atomic mass is 16.4. The van der Waals surface area contributed by atoms with Crippen LogP contribution >= 0.6 is 0 Å². The van der Waals surface area contributed by atoms with Crippen molar-refractivity contribution in [1.82, 2.24) is 4.90 Å². The largest absolute Gasteiger partial charge is 0.508 e. The fraction of sp³-hybridized carbons (Fsp3) is 0.565. The number of phenolic OH excluding ortho intramolecular Hbond substituents is 1. The second-order valence-corrected chi connectivity index (χ2v) is 9.91. The first kappa shape index (κ1) is 19.0. The van der Waals surface area contributed by atoms with E-state index in [1.807, 2.05) is 6.92 Å². The van der Waals surface area contributed by atoms with E-state index >= 15 is 0 Å². The normalized spacial score (nSPS) is 26.0. The highest BCUT2D eigenvalue weighted by Gasteiger charge is 2.50. The van der Waals surface area contributed by atoms with Crippen LogP contribution in [0.3, 0.4) is 0 Å². The van der Waals surface area contributed by atoms with Gasteiger partial charge in [0, 0.05) is 36.0 Å². The minimum atomic E-state index is -0.420. The van der Waals surface area contributed by atoms with Crippen molar-refractivity contribution in [2.75, 3.05) is 6.54 Å². The zero-order chi connectivity index (χ0) is 20.3. The minimum absolute atomic E-state index is 0.0644. The number of carbonyl (C=O) groups is 1. The van der Waals surface area contributed by atoms with E-state index in [0.29, 0.717) is 30.0 Å². The summed E-state index contributed by atoms with van der Waals surface area (Å²) in [6.45, 7) is 9.60. The van der Waals surface area contributed by atoms with Gasteiger partial charge in [-0.3, -0.25) is 4.79 Å². The Morgan fingerprint density at radius 3 is 2.79 bits per heavy atom. The average Bonchev–Trinajstić information content (AvgIpc) is 2.83. The molecule has 0 radical (unpaired) electrons. The van der Waals surface area contributed by atoms with Crippen molar-refractivity contribution in [2.24, 2.45) is 10.8 Å². The average molecular weight is 383 g/mol. The van der Waals surface area contributed by atoms with Crippen LogP contribution < -0.4 is 5.63 Å². The van der Waals surface area contributed by atoms with Gasteiger partial charge < -0.3 is 14.4 Å². The van der Waals surface area contributed by atoms with Crippen LogP contribution in [0.4, 0.5) is 0 Å². The Balaban J connectivity index is 1.53. The number of aromatic hydroxyl groups is 1. The molecule has 2 fully saturated rings. The first-order chi connectivity index (χ1) is 13.1. The van der Waals surface area contributed by atoms with Gasteiger partial charge in [0.15, 0.2) is 0 Å². The molecule has 1 saturated carbocycles. The van der Waals surface area contributed by atoms with Crippen LogP contribution in [-0.2, 0) is 11.2 Å². The van der Waals surface area contributed by atoms with Gasteiger partial charge in [-0.25, -0.2) is 4.79 Å². The third-order valence-electron chi connectivity index (χ3n) is 6.59. The Hall–Kier alpha value is -2.30. The SMILES string of the molecule is Cc1c(CCC(=O)N2C[C@]3(C)C[C@H]2CC(C)(C)C3)c(=O)oc2cc(O)ccc12. The third-order valence-corrected chi connectivity index (χ3v) is 6.59. The molecule has 0 unspecified atom stereocenters. The second-order valence-electron chi connectivity index (χ2n) is 9.91. The number of fused-ring (bicyclic) bond motifs is 3. The number of benzene rings is 1. The van der Waals surface area contributed by atoms with Crippen LogP contribution in [-0.4, -0.2) is 28.5 Å². The third kappa shape index (κ3) is 3.31. The number of amides is 1. The summed E-state index contributed by atoms with van der Waals surface area (Å²) in [7, 11) is 0. The molecule has 4 rings (SSSR count). The van der Waals surface area contributed by atoms with Crippen LogP contribution in [0, 0.1) is 17.8 Å². The molecule has 1 aromatic heterocycles. The molecule has 2 bridgehead atoms. The fourth-order valence-electron chi connectivity index (χ4n) is 5.80. The lowest BCUT2D eigenvalue weighted by molar-refractivity contribution is -0.132. The summed E-state index contributed by atoms with van der Waals surface area (Å²) in [5.74, 6) is 0.200. The molecule has 0 spiro atoms. The van der Waals surface area contributed by atoms with Crippen LogP contribution in [0.25, 0.3) is 11.0 Å². The van der Waals surface area contributed by atoms with Crippen LogP contribution in [0.15, 0.2) is 27.4 Å². The van der Waals surface area contributed by atoms with Gasteiger partial charge in [-0.05, 0) is 61.1 Å². The molecule has 1 amide bonds. The van der Waals surface area contributed by atoms with E-state index in [2.05, 4.69) is 25.7 Å². The Kier molecular flexibility index (Phi) is 4.32. The zero-order valence-corrected chi connectivity index (χ0v) is 17.2. The Labute approximate surface area is 165 Å². The lowest BCUT2D eigenvalue weighted by Crippen LogP contribution is -2.38.